The second kappa shape index (κ2) is 7.58. The lowest BCUT2D eigenvalue weighted by Crippen LogP contribution is -2.27. The molecule has 0 amide bonds. The fourth-order valence-electron chi connectivity index (χ4n) is 1.97. The summed E-state index contributed by atoms with van der Waals surface area (Å²) in [6.07, 6.45) is 7.83. The van der Waals surface area contributed by atoms with Crippen molar-refractivity contribution in [2.45, 2.75) is 52.0 Å². The van der Waals surface area contributed by atoms with Crippen LogP contribution in [-0.4, -0.2) is 4.98 Å². The molecule has 1 heterocycles. The number of nitrogens with one attached hydrogen (secondary N) is 1. The Balaban J connectivity index is 2.43. The molecule has 3 nitrogen and oxygen atoms in total. The Morgan fingerprint density at radius 1 is 1.41 bits per heavy atom. The van der Waals surface area contributed by atoms with Gasteiger partial charge in [-0.05, 0) is 33.1 Å². The van der Waals surface area contributed by atoms with Crippen molar-refractivity contribution in [1.29, 1.82) is 0 Å². The van der Waals surface area contributed by atoms with E-state index in [1.807, 2.05) is 13.0 Å². The third kappa shape index (κ3) is 4.58. The molecule has 0 aromatic carbocycles. The van der Waals surface area contributed by atoms with Gasteiger partial charge in [-0.1, -0.05) is 18.9 Å². The highest BCUT2D eigenvalue weighted by Crippen LogP contribution is 2.27. The second-order valence-electron chi connectivity index (χ2n) is 4.33. The van der Waals surface area contributed by atoms with Crippen LogP contribution in [0.1, 0.15) is 53.7 Å². The molecule has 0 aliphatic carbocycles. The van der Waals surface area contributed by atoms with Crippen LogP contribution < -0.4 is 11.3 Å². The normalized spacial score (nSPS) is 12.6. The lowest BCUT2D eigenvalue weighted by atomic mass is 10.1. The smallest absolute Gasteiger partial charge is 0.0900 e. The van der Waals surface area contributed by atoms with Crippen LogP contribution in [0.5, 0.6) is 0 Å². The van der Waals surface area contributed by atoms with Crippen molar-refractivity contribution < 1.29 is 0 Å². The molecule has 0 aliphatic heterocycles. The molecule has 0 radical (unpaired) electrons. The molecule has 1 aromatic rings. The van der Waals surface area contributed by atoms with E-state index in [4.69, 9.17) is 5.84 Å². The minimum atomic E-state index is 0.255. The third-order valence-corrected chi connectivity index (χ3v) is 4.04. The summed E-state index contributed by atoms with van der Waals surface area (Å²) in [5.41, 5.74) is 4.03. The number of allylic oxidation sites excluding steroid dienone is 1. The van der Waals surface area contributed by atoms with Crippen LogP contribution in [0.2, 0.25) is 0 Å². The van der Waals surface area contributed by atoms with E-state index in [2.05, 4.69) is 23.9 Å². The van der Waals surface area contributed by atoms with Gasteiger partial charge in [0, 0.05) is 4.88 Å². The van der Waals surface area contributed by atoms with Crippen LogP contribution in [0, 0.1) is 13.8 Å². The monoisotopic (exact) mass is 253 g/mol. The van der Waals surface area contributed by atoms with Gasteiger partial charge in [-0.3, -0.25) is 11.3 Å². The van der Waals surface area contributed by atoms with Gasteiger partial charge in [-0.25, -0.2) is 4.98 Å². The first-order valence-electron chi connectivity index (χ1n) is 6.20. The Hall–Kier alpha value is -0.710. The zero-order valence-corrected chi connectivity index (χ0v) is 11.6. The first-order valence-corrected chi connectivity index (χ1v) is 7.01. The molecule has 0 saturated carbocycles. The van der Waals surface area contributed by atoms with Crippen molar-refractivity contribution >= 4 is 11.3 Å². The van der Waals surface area contributed by atoms with Crippen molar-refractivity contribution in [1.82, 2.24) is 10.4 Å². The molecule has 96 valence electrons. The summed E-state index contributed by atoms with van der Waals surface area (Å²) in [6, 6.07) is 0.255. The predicted molar refractivity (Wildman–Crippen MR) is 74.9 cm³/mol. The molecule has 1 aromatic heterocycles. The molecule has 17 heavy (non-hydrogen) atoms. The van der Waals surface area contributed by atoms with Crippen molar-refractivity contribution in [3.8, 4) is 0 Å². The van der Waals surface area contributed by atoms with Gasteiger partial charge in [0.1, 0.15) is 0 Å². The molecule has 0 fully saturated rings. The number of hydrazine groups is 1. The molecular formula is C13H23N3S. The highest BCUT2D eigenvalue weighted by molar-refractivity contribution is 7.11. The van der Waals surface area contributed by atoms with Gasteiger partial charge in [-0.15, -0.1) is 17.9 Å². The van der Waals surface area contributed by atoms with Gasteiger partial charge in [0.05, 0.1) is 16.7 Å². The van der Waals surface area contributed by atoms with Crippen LogP contribution >= 0.6 is 11.3 Å². The van der Waals surface area contributed by atoms with E-state index in [1.165, 1.54) is 24.1 Å². The number of aryl methyl sites for hydroxylation is 2. The SMILES string of the molecule is C=CCCCCCC(NN)c1sc(C)nc1C. The van der Waals surface area contributed by atoms with Crippen molar-refractivity contribution in [2.75, 3.05) is 0 Å². The van der Waals surface area contributed by atoms with Crippen LogP contribution in [-0.2, 0) is 0 Å². The van der Waals surface area contributed by atoms with Gasteiger partial charge >= 0.3 is 0 Å². The number of nitrogens with two attached hydrogens (primary N) is 1. The van der Waals surface area contributed by atoms with E-state index >= 15 is 0 Å². The number of hydrogen-bond acceptors (Lipinski definition) is 4. The van der Waals surface area contributed by atoms with E-state index in [9.17, 15) is 0 Å². The van der Waals surface area contributed by atoms with E-state index in [0.717, 1.165) is 23.5 Å². The van der Waals surface area contributed by atoms with E-state index < -0.39 is 0 Å². The molecule has 0 bridgehead atoms. The molecular weight excluding hydrogens is 230 g/mol. The Labute approximate surface area is 108 Å². The maximum Gasteiger partial charge on any atom is 0.0900 e. The molecule has 0 aliphatic rings. The molecule has 1 atom stereocenters. The highest BCUT2D eigenvalue weighted by Gasteiger charge is 2.15. The Morgan fingerprint density at radius 2 is 2.18 bits per heavy atom. The minimum absolute atomic E-state index is 0.255. The summed E-state index contributed by atoms with van der Waals surface area (Å²) >= 11 is 1.75. The summed E-state index contributed by atoms with van der Waals surface area (Å²) in [5, 5.41) is 1.12. The summed E-state index contributed by atoms with van der Waals surface area (Å²) in [5.74, 6) is 5.64. The summed E-state index contributed by atoms with van der Waals surface area (Å²) < 4.78 is 0. The lowest BCUT2D eigenvalue weighted by Gasteiger charge is -2.14. The first-order chi connectivity index (χ1) is 8.19. The second-order valence-corrected chi connectivity index (χ2v) is 5.56. The molecule has 3 N–H and O–H groups in total. The summed E-state index contributed by atoms with van der Waals surface area (Å²) in [7, 11) is 0. The predicted octanol–water partition coefficient (Wildman–Crippen LogP) is 3.40. The number of rotatable bonds is 8. The van der Waals surface area contributed by atoms with Gasteiger partial charge in [0.2, 0.25) is 0 Å². The van der Waals surface area contributed by atoms with Gasteiger partial charge in [0.15, 0.2) is 0 Å². The maximum atomic E-state index is 5.64. The number of nitrogens with zero attached hydrogens (tertiary/aromatic N) is 1. The average molecular weight is 253 g/mol. The minimum Gasteiger partial charge on any atom is -0.271 e. The highest BCUT2D eigenvalue weighted by atomic mass is 32.1. The molecule has 1 unspecified atom stereocenters. The number of aromatic nitrogens is 1. The maximum absolute atomic E-state index is 5.64. The standard InChI is InChI=1S/C13H23N3S/c1-4-5-6-7-8-9-12(16-14)13-10(2)15-11(3)17-13/h4,12,16H,1,5-9,14H2,2-3H3. The molecule has 0 spiro atoms. The van der Waals surface area contributed by atoms with Crippen LogP contribution in [0.3, 0.4) is 0 Å². The largest absolute Gasteiger partial charge is 0.271 e. The van der Waals surface area contributed by atoms with Crippen molar-refractivity contribution in [3.05, 3.63) is 28.2 Å². The van der Waals surface area contributed by atoms with Crippen LogP contribution in [0.4, 0.5) is 0 Å². The summed E-state index contributed by atoms with van der Waals surface area (Å²) in [6.45, 7) is 7.83. The third-order valence-electron chi connectivity index (χ3n) is 2.86. The molecule has 1 rings (SSSR count). The molecule has 0 saturated heterocycles. The number of unbranched alkanes of at least 4 members (excludes halogenated alkanes) is 3. The van der Waals surface area contributed by atoms with Crippen LogP contribution in [0.15, 0.2) is 12.7 Å². The first kappa shape index (κ1) is 14.4. The van der Waals surface area contributed by atoms with Crippen molar-refractivity contribution in [3.63, 3.8) is 0 Å². The van der Waals surface area contributed by atoms with Gasteiger partial charge in [0.25, 0.3) is 0 Å². The topological polar surface area (TPSA) is 50.9 Å². The lowest BCUT2D eigenvalue weighted by molar-refractivity contribution is 0.488. The summed E-state index contributed by atoms with van der Waals surface area (Å²) in [4.78, 5) is 5.73. The van der Waals surface area contributed by atoms with E-state index in [0.29, 0.717) is 0 Å². The fourth-order valence-corrected chi connectivity index (χ4v) is 3.00. The van der Waals surface area contributed by atoms with Crippen molar-refractivity contribution in [2.24, 2.45) is 5.84 Å². The zero-order valence-electron chi connectivity index (χ0n) is 10.8. The van der Waals surface area contributed by atoms with Gasteiger partial charge < -0.3 is 0 Å². The Kier molecular flexibility index (Phi) is 6.40. The number of hydrogen-bond donors (Lipinski definition) is 2. The Bertz CT molecular complexity index is 346. The van der Waals surface area contributed by atoms with Crippen LogP contribution in [0.25, 0.3) is 0 Å². The van der Waals surface area contributed by atoms with E-state index in [-0.39, 0.29) is 6.04 Å². The fraction of sp³-hybridized carbons (Fsp3) is 0.615. The molecule has 4 heteroatoms. The Morgan fingerprint density at radius 3 is 2.71 bits per heavy atom. The number of thiazole rings is 1. The van der Waals surface area contributed by atoms with E-state index in [1.54, 1.807) is 11.3 Å². The average Bonchev–Trinajstić information content (AvgIpc) is 2.63. The van der Waals surface area contributed by atoms with Gasteiger partial charge in [-0.2, -0.15) is 0 Å². The quantitative estimate of drug-likeness (QED) is 0.323. The zero-order chi connectivity index (χ0) is 12.7.